The molecule has 1 amide bonds. The molecule has 11 heteroatoms. The van der Waals surface area contributed by atoms with Gasteiger partial charge in [0.05, 0.1) is 16.3 Å². The Balaban J connectivity index is 1.90. The minimum Gasteiger partial charge on any atom is -0.321 e. The van der Waals surface area contributed by atoms with Crippen LogP contribution in [0.3, 0.4) is 0 Å². The molecule has 148 valence electrons. The standard InChI is InChI=1S/C17H12ClF3N2O3S2/c18-14-12-5-4-10(17(19,20)21)7-13(12)27-15(14)16(24)23-11-3-1-2-9(6-11)8-28(22,25)26/h1-7H,8H2,(H,23,24)(H2,22,25,26). The number of hydrogen-bond donors (Lipinski definition) is 2. The van der Waals surface area contributed by atoms with Crippen molar-refractivity contribution < 1.29 is 26.4 Å². The van der Waals surface area contributed by atoms with Crippen LogP contribution in [0.2, 0.25) is 5.02 Å². The average Bonchev–Trinajstić information content (AvgIpc) is 2.89. The van der Waals surface area contributed by atoms with E-state index < -0.39 is 33.4 Å². The number of nitrogens with one attached hydrogen (secondary N) is 1. The van der Waals surface area contributed by atoms with E-state index in [1.165, 1.54) is 30.3 Å². The maximum Gasteiger partial charge on any atom is 0.416 e. The molecule has 0 aliphatic carbocycles. The lowest BCUT2D eigenvalue weighted by molar-refractivity contribution is -0.137. The summed E-state index contributed by atoms with van der Waals surface area (Å²) in [6.07, 6.45) is -4.50. The van der Waals surface area contributed by atoms with Crippen LogP contribution in [0.5, 0.6) is 0 Å². The summed E-state index contributed by atoms with van der Waals surface area (Å²) in [6, 6.07) is 9.11. The topological polar surface area (TPSA) is 89.3 Å². The van der Waals surface area contributed by atoms with Crippen LogP contribution in [-0.4, -0.2) is 14.3 Å². The summed E-state index contributed by atoms with van der Waals surface area (Å²) in [7, 11) is -3.74. The van der Waals surface area contributed by atoms with Crippen LogP contribution in [0.4, 0.5) is 18.9 Å². The van der Waals surface area contributed by atoms with E-state index in [9.17, 15) is 26.4 Å². The fourth-order valence-electron chi connectivity index (χ4n) is 2.55. The van der Waals surface area contributed by atoms with Crippen molar-refractivity contribution in [3.05, 3.63) is 63.5 Å². The number of carbonyl (C=O) groups excluding carboxylic acids is 1. The highest BCUT2D eigenvalue weighted by atomic mass is 35.5. The van der Waals surface area contributed by atoms with Crippen LogP contribution < -0.4 is 10.5 Å². The van der Waals surface area contributed by atoms with E-state index in [1.54, 1.807) is 0 Å². The van der Waals surface area contributed by atoms with Crippen molar-refractivity contribution >= 4 is 54.6 Å². The number of anilines is 1. The zero-order chi connectivity index (χ0) is 20.7. The number of amides is 1. The number of alkyl halides is 3. The number of rotatable bonds is 4. The van der Waals surface area contributed by atoms with Crippen LogP contribution in [0.1, 0.15) is 20.8 Å². The number of fused-ring (bicyclic) bond motifs is 1. The van der Waals surface area contributed by atoms with Gasteiger partial charge in [-0.3, -0.25) is 4.79 Å². The number of thiophene rings is 1. The van der Waals surface area contributed by atoms with Crippen molar-refractivity contribution in [1.82, 2.24) is 0 Å². The molecule has 0 saturated heterocycles. The van der Waals surface area contributed by atoms with Gasteiger partial charge in [-0.15, -0.1) is 11.3 Å². The summed E-state index contributed by atoms with van der Waals surface area (Å²) in [5.74, 6) is -1.02. The third-order valence-corrected chi connectivity index (χ3v) is 6.11. The maximum absolute atomic E-state index is 12.9. The van der Waals surface area contributed by atoms with Crippen LogP contribution in [0, 0.1) is 0 Å². The van der Waals surface area contributed by atoms with Gasteiger partial charge in [-0.25, -0.2) is 13.6 Å². The highest BCUT2D eigenvalue weighted by molar-refractivity contribution is 7.88. The van der Waals surface area contributed by atoms with E-state index in [1.807, 2.05) is 0 Å². The van der Waals surface area contributed by atoms with E-state index in [0.717, 1.165) is 23.5 Å². The first kappa shape index (κ1) is 20.6. The molecule has 3 N–H and O–H groups in total. The van der Waals surface area contributed by atoms with E-state index in [2.05, 4.69) is 5.32 Å². The Labute approximate surface area is 167 Å². The Morgan fingerprint density at radius 2 is 1.89 bits per heavy atom. The summed E-state index contributed by atoms with van der Waals surface area (Å²) < 4.78 is 61.2. The predicted octanol–water partition coefficient (Wildman–Crippen LogP) is 4.61. The Hall–Kier alpha value is -2.14. The molecule has 0 bridgehead atoms. The average molecular weight is 449 g/mol. The molecule has 0 spiro atoms. The quantitative estimate of drug-likeness (QED) is 0.610. The highest BCUT2D eigenvalue weighted by Crippen LogP contribution is 2.39. The third-order valence-electron chi connectivity index (χ3n) is 3.72. The lowest BCUT2D eigenvalue weighted by atomic mass is 10.1. The van der Waals surface area contributed by atoms with Crippen LogP contribution in [0.25, 0.3) is 10.1 Å². The fourth-order valence-corrected chi connectivity index (χ4v) is 4.64. The fraction of sp³-hybridized carbons (Fsp3) is 0.118. The maximum atomic E-state index is 12.9. The zero-order valence-electron chi connectivity index (χ0n) is 13.9. The first-order valence-corrected chi connectivity index (χ1v) is 10.5. The minimum absolute atomic E-state index is 0.0481. The van der Waals surface area contributed by atoms with E-state index in [-0.39, 0.29) is 14.6 Å². The Morgan fingerprint density at radius 1 is 1.18 bits per heavy atom. The van der Waals surface area contributed by atoms with Crippen molar-refractivity contribution in [3.8, 4) is 0 Å². The zero-order valence-corrected chi connectivity index (χ0v) is 16.3. The Kier molecular flexibility index (Phi) is 5.41. The number of halogens is 4. The summed E-state index contributed by atoms with van der Waals surface area (Å²) >= 11 is 7.01. The molecule has 3 aromatic rings. The highest BCUT2D eigenvalue weighted by Gasteiger charge is 2.31. The summed E-state index contributed by atoms with van der Waals surface area (Å²) in [5.41, 5.74) is -0.159. The van der Waals surface area contributed by atoms with Gasteiger partial charge in [0.15, 0.2) is 0 Å². The second-order valence-corrected chi connectivity index (χ2v) is 8.96. The molecular weight excluding hydrogens is 437 g/mol. The molecule has 5 nitrogen and oxygen atoms in total. The molecule has 28 heavy (non-hydrogen) atoms. The monoisotopic (exact) mass is 448 g/mol. The Morgan fingerprint density at radius 3 is 2.54 bits per heavy atom. The molecule has 2 aromatic carbocycles. The normalized spacial score (nSPS) is 12.3. The first-order chi connectivity index (χ1) is 12.9. The van der Waals surface area contributed by atoms with Crippen LogP contribution >= 0.6 is 22.9 Å². The smallest absolute Gasteiger partial charge is 0.321 e. The lowest BCUT2D eigenvalue weighted by Crippen LogP contribution is -2.15. The SMILES string of the molecule is NS(=O)(=O)Cc1cccc(NC(=O)c2sc3cc(C(F)(F)F)ccc3c2Cl)c1. The van der Waals surface area contributed by atoms with Gasteiger partial charge in [0.1, 0.15) is 4.88 Å². The van der Waals surface area contributed by atoms with Gasteiger partial charge in [0.25, 0.3) is 5.91 Å². The molecule has 0 saturated carbocycles. The molecule has 0 aliphatic heterocycles. The summed E-state index contributed by atoms with van der Waals surface area (Å²) in [6.45, 7) is 0. The molecule has 0 fully saturated rings. The van der Waals surface area contributed by atoms with Gasteiger partial charge in [-0.1, -0.05) is 29.8 Å². The summed E-state index contributed by atoms with van der Waals surface area (Å²) in [5, 5.41) is 7.95. The van der Waals surface area contributed by atoms with E-state index >= 15 is 0 Å². The van der Waals surface area contributed by atoms with Gasteiger partial charge in [0, 0.05) is 15.8 Å². The second kappa shape index (κ2) is 7.36. The van der Waals surface area contributed by atoms with Gasteiger partial charge >= 0.3 is 6.18 Å². The number of nitrogens with two attached hydrogens (primary N) is 1. The molecule has 0 atom stereocenters. The van der Waals surface area contributed by atoms with E-state index in [4.69, 9.17) is 16.7 Å². The molecule has 1 heterocycles. The number of hydrogen-bond acceptors (Lipinski definition) is 4. The molecular formula is C17H12ClF3N2O3S2. The Bertz CT molecular complexity index is 1170. The first-order valence-electron chi connectivity index (χ1n) is 7.64. The lowest BCUT2D eigenvalue weighted by Gasteiger charge is -2.06. The van der Waals surface area contributed by atoms with Gasteiger partial charge < -0.3 is 5.32 Å². The van der Waals surface area contributed by atoms with Crippen molar-refractivity contribution in [2.75, 3.05) is 5.32 Å². The number of primary sulfonamides is 1. The predicted molar refractivity (Wildman–Crippen MR) is 103 cm³/mol. The van der Waals surface area contributed by atoms with Crippen molar-refractivity contribution in [2.24, 2.45) is 5.14 Å². The van der Waals surface area contributed by atoms with Crippen LogP contribution in [-0.2, 0) is 22.0 Å². The molecule has 1 aromatic heterocycles. The minimum atomic E-state index is -4.50. The van der Waals surface area contributed by atoms with Gasteiger partial charge in [-0.2, -0.15) is 13.2 Å². The number of carbonyl (C=O) groups is 1. The molecule has 3 rings (SSSR count). The number of sulfonamides is 1. The van der Waals surface area contributed by atoms with Crippen molar-refractivity contribution in [2.45, 2.75) is 11.9 Å². The molecule has 0 unspecified atom stereocenters. The van der Waals surface area contributed by atoms with Gasteiger partial charge in [-0.05, 0) is 29.8 Å². The van der Waals surface area contributed by atoms with Crippen molar-refractivity contribution in [1.29, 1.82) is 0 Å². The molecule has 0 radical (unpaired) electrons. The number of benzene rings is 2. The third kappa shape index (κ3) is 4.64. The largest absolute Gasteiger partial charge is 0.416 e. The van der Waals surface area contributed by atoms with E-state index in [0.29, 0.717) is 16.6 Å². The van der Waals surface area contributed by atoms with Crippen molar-refractivity contribution in [3.63, 3.8) is 0 Å². The summed E-state index contributed by atoms with van der Waals surface area (Å²) in [4.78, 5) is 12.6. The van der Waals surface area contributed by atoms with Gasteiger partial charge in [0.2, 0.25) is 10.0 Å². The second-order valence-electron chi connectivity index (χ2n) is 5.92. The van der Waals surface area contributed by atoms with Crippen LogP contribution in [0.15, 0.2) is 42.5 Å². The molecule has 0 aliphatic rings.